The van der Waals surface area contributed by atoms with Gasteiger partial charge >= 0.3 is 12.5 Å². The Morgan fingerprint density at radius 3 is 2.25 bits per heavy atom. The van der Waals surface area contributed by atoms with Crippen molar-refractivity contribution in [3.8, 4) is 0 Å². The van der Waals surface area contributed by atoms with Gasteiger partial charge in [0.2, 0.25) is 5.91 Å². The van der Waals surface area contributed by atoms with Gasteiger partial charge < -0.3 is 15.4 Å². The Morgan fingerprint density at radius 2 is 1.61 bits per heavy atom. The summed E-state index contributed by atoms with van der Waals surface area (Å²) in [4.78, 5) is 29.0. The number of hydrogen-bond donors (Lipinski definition) is 2. The third-order valence-corrected chi connectivity index (χ3v) is 6.86. The molecule has 4 saturated carbocycles. The van der Waals surface area contributed by atoms with E-state index in [1.165, 1.54) is 18.2 Å². The summed E-state index contributed by atoms with van der Waals surface area (Å²) in [6.45, 7) is -0.276. The van der Waals surface area contributed by atoms with Crippen molar-refractivity contribution >= 4 is 22.7 Å². The lowest BCUT2D eigenvalue weighted by Crippen LogP contribution is -2.84. The Labute approximate surface area is 200 Å². The predicted molar refractivity (Wildman–Crippen MR) is 112 cm³/mol. The van der Waals surface area contributed by atoms with E-state index in [4.69, 9.17) is 4.74 Å². The Bertz CT molecular complexity index is 1190. The zero-order chi connectivity index (χ0) is 25.9. The van der Waals surface area contributed by atoms with Gasteiger partial charge in [0.25, 0.3) is 5.91 Å². The second-order valence-electron chi connectivity index (χ2n) is 9.79. The van der Waals surface area contributed by atoms with Crippen LogP contribution in [0.4, 0.5) is 26.3 Å². The number of carbonyl (C=O) groups excluding carboxylic acids is 2. The molecule has 4 fully saturated rings. The second-order valence-corrected chi connectivity index (χ2v) is 9.79. The molecule has 0 spiro atoms. The fourth-order valence-electron chi connectivity index (χ4n) is 5.25. The summed E-state index contributed by atoms with van der Waals surface area (Å²) in [5.41, 5.74) is -1.41. The summed E-state index contributed by atoms with van der Waals surface area (Å²) >= 11 is 0. The molecule has 1 aromatic heterocycles. The zero-order valence-electron chi connectivity index (χ0n) is 18.6. The number of alkyl halides is 6. The monoisotopic (exact) mass is 517 g/mol. The highest BCUT2D eigenvalue weighted by Gasteiger charge is 2.69. The highest BCUT2D eigenvalue weighted by molar-refractivity contribution is 5.96. The summed E-state index contributed by atoms with van der Waals surface area (Å²) < 4.78 is 84.2. The summed E-state index contributed by atoms with van der Waals surface area (Å²) in [6, 6.07) is 5.88. The van der Waals surface area contributed by atoms with E-state index in [-0.39, 0.29) is 42.0 Å². The van der Waals surface area contributed by atoms with E-state index in [2.05, 4.69) is 20.4 Å². The minimum absolute atomic E-state index is 0.0688. The molecule has 0 saturated heterocycles. The fraction of sp³-hybridized carbons (Fsp3) is 0.522. The number of halogens is 6. The average molecular weight is 517 g/mol. The lowest BCUT2D eigenvalue weighted by atomic mass is 9.44. The molecule has 2 amide bonds. The highest BCUT2D eigenvalue weighted by atomic mass is 19.4. The number of hydrogen-bond acceptors (Lipinski definition) is 5. The van der Waals surface area contributed by atoms with Crippen LogP contribution in [0, 0.1) is 0 Å². The minimum atomic E-state index is -4.69. The quantitative estimate of drug-likeness (QED) is 0.545. The lowest BCUT2D eigenvalue weighted by molar-refractivity contribution is -0.357. The van der Waals surface area contributed by atoms with Gasteiger partial charge in [-0.1, -0.05) is 6.07 Å². The molecule has 2 bridgehead atoms. The lowest BCUT2D eigenvalue weighted by Gasteiger charge is -2.70. The highest BCUT2D eigenvalue weighted by Crippen LogP contribution is 2.60. The molecule has 2 aromatic rings. The number of carbonyl (C=O) groups is 2. The van der Waals surface area contributed by atoms with Gasteiger partial charge in [0.1, 0.15) is 12.3 Å². The minimum Gasteiger partial charge on any atom is -0.368 e. The molecule has 0 radical (unpaired) electrons. The number of fused-ring (bicyclic) bond motifs is 1. The smallest absolute Gasteiger partial charge is 0.368 e. The maximum Gasteiger partial charge on any atom is 0.522 e. The number of nitrogens with zero attached hydrogens (tertiary/aromatic N) is 1. The summed E-state index contributed by atoms with van der Waals surface area (Å²) in [5.74, 6) is -0.843. The number of ether oxygens (including phenoxy) is 2. The molecule has 13 heteroatoms. The summed E-state index contributed by atoms with van der Waals surface area (Å²) in [7, 11) is 0. The molecule has 194 valence electrons. The average Bonchev–Trinajstić information content (AvgIpc) is 2.70. The van der Waals surface area contributed by atoms with E-state index in [0.29, 0.717) is 19.3 Å². The number of amides is 2. The van der Waals surface area contributed by atoms with Gasteiger partial charge in [-0.2, -0.15) is 13.2 Å². The van der Waals surface area contributed by atoms with Crippen molar-refractivity contribution in [1.29, 1.82) is 0 Å². The van der Waals surface area contributed by atoms with Crippen LogP contribution < -0.4 is 10.6 Å². The van der Waals surface area contributed by atoms with Crippen LogP contribution in [0.15, 0.2) is 30.3 Å². The van der Waals surface area contributed by atoms with E-state index < -0.39 is 47.3 Å². The van der Waals surface area contributed by atoms with Crippen molar-refractivity contribution in [2.45, 2.75) is 67.9 Å². The molecule has 4 aliphatic carbocycles. The maximum atomic E-state index is 12.9. The molecule has 1 heterocycles. The molecular weight excluding hydrogens is 496 g/mol. The Balaban J connectivity index is 1.07. The number of nitrogens with one attached hydrogen (secondary N) is 2. The van der Waals surface area contributed by atoms with Crippen LogP contribution in [-0.2, 0) is 20.4 Å². The number of pyridine rings is 1. The fourth-order valence-corrected chi connectivity index (χ4v) is 5.25. The molecular formula is C23H21F6N3O4. The van der Waals surface area contributed by atoms with Gasteiger partial charge in [-0.05, 0) is 43.5 Å². The Morgan fingerprint density at radius 1 is 0.944 bits per heavy atom. The second kappa shape index (κ2) is 8.30. The SMILES string of the molecule is O=C(COC1CC(OC(F)(F)F)C1)NC12CC(NC(=O)c3ccc4cc(C(F)(F)F)ccc4n3)(C1)C2. The van der Waals surface area contributed by atoms with E-state index in [9.17, 15) is 35.9 Å². The van der Waals surface area contributed by atoms with Gasteiger partial charge in [0.15, 0.2) is 0 Å². The number of aromatic nitrogens is 1. The van der Waals surface area contributed by atoms with Crippen LogP contribution in [-0.4, -0.2) is 53.1 Å². The third-order valence-electron chi connectivity index (χ3n) is 6.86. The van der Waals surface area contributed by atoms with Gasteiger partial charge in [0, 0.05) is 29.3 Å². The van der Waals surface area contributed by atoms with Crippen LogP contribution >= 0.6 is 0 Å². The van der Waals surface area contributed by atoms with Gasteiger partial charge in [0.05, 0.1) is 23.3 Å². The van der Waals surface area contributed by atoms with Crippen LogP contribution in [0.25, 0.3) is 10.9 Å². The largest absolute Gasteiger partial charge is 0.522 e. The van der Waals surface area contributed by atoms with Crippen molar-refractivity contribution in [3.05, 3.63) is 41.6 Å². The van der Waals surface area contributed by atoms with E-state index >= 15 is 0 Å². The van der Waals surface area contributed by atoms with Gasteiger partial charge in [-0.15, -0.1) is 13.2 Å². The molecule has 0 atom stereocenters. The van der Waals surface area contributed by atoms with Crippen LogP contribution in [0.1, 0.15) is 48.2 Å². The van der Waals surface area contributed by atoms with Crippen molar-refractivity contribution in [1.82, 2.24) is 15.6 Å². The van der Waals surface area contributed by atoms with Crippen molar-refractivity contribution in [3.63, 3.8) is 0 Å². The number of benzene rings is 1. The standard InChI is InChI=1S/C23H21F6N3O4/c24-22(25,26)13-2-4-16-12(5-13)1-3-17(30-16)19(34)32-21-9-20(10-21,11-21)31-18(33)8-35-14-6-15(7-14)36-23(27,28)29/h1-5,14-15H,6-11H2,(H,31,33)(H,32,34). The van der Waals surface area contributed by atoms with Crippen molar-refractivity contribution < 1.29 is 45.4 Å². The molecule has 7 nitrogen and oxygen atoms in total. The van der Waals surface area contributed by atoms with E-state index in [1.807, 2.05) is 0 Å². The van der Waals surface area contributed by atoms with Gasteiger partial charge in [-0.25, -0.2) is 4.98 Å². The van der Waals surface area contributed by atoms with Crippen molar-refractivity contribution in [2.75, 3.05) is 6.61 Å². The molecule has 36 heavy (non-hydrogen) atoms. The molecule has 0 unspecified atom stereocenters. The normalized spacial score (nSPS) is 29.1. The molecule has 2 N–H and O–H groups in total. The van der Waals surface area contributed by atoms with E-state index in [0.717, 1.165) is 12.1 Å². The number of rotatable bonds is 7. The zero-order valence-corrected chi connectivity index (χ0v) is 18.6. The molecule has 4 aliphatic rings. The van der Waals surface area contributed by atoms with E-state index in [1.54, 1.807) is 0 Å². The summed E-state index contributed by atoms with van der Waals surface area (Å²) in [5, 5.41) is 6.02. The first kappa shape index (κ1) is 24.8. The predicted octanol–water partition coefficient (Wildman–Crippen LogP) is 3.86. The van der Waals surface area contributed by atoms with Crippen LogP contribution in [0.3, 0.4) is 0 Å². The first-order valence-corrected chi connectivity index (χ1v) is 11.2. The van der Waals surface area contributed by atoms with Crippen LogP contribution in [0.5, 0.6) is 0 Å². The summed E-state index contributed by atoms with van der Waals surface area (Å²) in [6.07, 6.45) is -8.92. The maximum absolute atomic E-state index is 12.9. The first-order valence-electron chi connectivity index (χ1n) is 11.2. The molecule has 1 aromatic carbocycles. The van der Waals surface area contributed by atoms with Crippen LogP contribution in [0.2, 0.25) is 0 Å². The van der Waals surface area contributed by atoms with Crippen molar-refractivity contribution in [2.24, 2.45) is 0 Å². The topological polar surface area (TPSA) is 89.5 Å². The molecule has 6 rings (SSSR count). The third kappa shape index (κ3) is 4.99. The first-order chi connectivity index (χ1) is 16.7. The molecule has 0 aliphatic heterocycles. The Kier molecular flexibility index (Phi) is 5.71. The Hall–Kier alpha value is -2.93. The van der Waals surface area contributed by atoms with Gasteiger partial charge in [-0.3, -0.25) is 14.3 Å².